The van der Waals surface area contributed by atoms with Gasteiger partial charge in [0.2, 0.25) is 0 Å². The molecule has 0 saturated carbocycles. The summed E-state index contributed by atoms with van der Waals surface area (Å²) in [4.78, 5) is 0. The molecule has 0 aliphatic rings. The van der Waals surface area contributed by atoms with Gasteiger partial charge in [0.25, 0.3) is 0 Å². The summed E-state index contributed by atoms with van der Waals surface area (Å²) >= 11 is 0. The van der Waals surface area contributed by atoms with E-state index in [1.54, 1.807) is 20.8 Å². The summed E-state index contributed by atoms with van der Waals surface area (Å²) in [7, 11) is -1.00. The highest BCUT2D eigenvalue weighted by Gasteiger charge is 2.28. The number of rotatable bonds is 7. The first-order valence-corrected chi connectivity index (χ1v) is 7.79. The molecule has 0 saturated heterocycles. The van der Waals surface area contributed by atoms with Crippen LogP contribution in [0.15, 0.2) is 0 Å². The van der Waals surface area contributed by atoms with Crippen LogP contribution >= 0.6 is 0 Å². The lowest BCUT2D eigenvalue weighted by atomic mass is 10.1. The van der Waals surface area contributed by atoms with Crippen LogP contribution in [0.3, 0.4) is 0 Å². The smallest absolute Gasteiger partial charge is 0.155 e. The lowest BCUT2D eigenvalue weighted by Gasteiger charge is -2.20. The van der Waals surface area contributed by atoms with E-state index in [2.05, 4.69) is 12.2 Å². The Kier molecular flexibility index (Phi) is 6.56. The molecule has 0 fully saturated rings. The van der Waals surface area contributed by atoms with E-state index in [4.69, 9.17) is 0 Å². The first-order valence-electron chi connectivity index (χ1n) is 6.14. The van der Waals surface area contributed by atoms with E-state index in [1.165, 1.54) is 0 Å². The van der Waals surface area contributed by atoms with Gasteiger partial charge in [-0.05, 0) is 47.1 Å². The van der Waals surface area contributed by atoms with Gasteiger partial charge in [-0.15, -0.1) is 0 Å². The standard InChI is InChI=1S/C12H27NO2S/c1-6-8-11(13-5)9-7-10-16(14,15)12(2,3)4/h11,13H,6-10H2,1-5H3. The second-order valence-electron chi connectivity index (χ2n) is 5.35. The summed E-state index contributed by atoms with van der Waals surface area (Å²) in [5.41, 5.74) is 0. The average molecular weight is 249 g/mol. The van der Waals surface area contributed by atoms with Crippen molar-refractivity contribution >= 4 is 9.84 Å². The summed E-state index contributed by atoms with van der Waals surface area (Å²) in [5.74, 6) is 0.304. The zero-order chi connectivity index (χ0) is 12.8. The van der Waals surface area contributed by atoms with Crippen molar-refractivity contribution in [3.63, 3.8) is 0 Å². The van der Waals surface area contributed by atoms with E-state index in [1.807, 2.05) is 7.05 Å². The van der Waals surface area contributed by atoms with Gasteiger partial charge in [0.05, 0.1) is 10.5 Å². The maximum absolute atomic E-state index is 11.9. The number of nitrogens with one attached hydrogen (secondary N) is 1. The molecule has 0 aromatic heterocycles. The minimum Gasteiger partial charge on any atom is -0.317 e. The highest BCUT2D eigenvalue weighted by Crippen LogP contribution is 2.18. The minimum absolute atomic E-state index is 0.304. The third-order valence-electron chi connectivity index (χ3n) is 2.94. The quantitative estimate of drug-likeness (QED) is 0.753. The van der Waals surface area contributed by atoms with Crippen LogP contribution in [0.2, 0.25) is 0 Å². The summed E-state index contributed by atoms with van der Waals surface area (Å²) < 4.78 is 23.1. The molecule has 0 aromatic rings. The van der Waals surface area contributed by atoms with Crippen LogP contribution in [0.25, 0.3) is 0 Å². The second kappa shape index (κ2) is 6.60. The number of sulfone groups is 1. The van der Waals surface area contributed by atoms with Crippen LogP contribution < -0.4 is 5.32 Å². The predicted molar refractivity (Wildman–Crippen MR) is 70.5 cm³/mol. The molecule has 98 valence electrons. The molecule has 0 aliphatic carbocycles. The fraction of sp³-hybridized carbons (Fsp3) is 1.00. The van der Waals surface area contributed by atoms with Gasteiger partial charge >= 0.3 is 0 Å². The highest BCUT2D eigenvalue weighted by molar-refractivity contribution is 7.92. The summed E-state index contributed by atoms with van der Waals surface area (Å²) in [5, 5.41) is 3.23. The van der Waals surface area contributed by atoms with Crippen molar-refractivity contribution in [3.05, 3.63) is 0 Å². The molecule has 0 aliphatic heterocycles. The maximum Gasteiger partial charge on any atom is 0.155 e. The molecule has 0 bridgehead atoms. The van der Waals surface area contributed by atoms with Gasteiger partial charge in [0.15, 0.2) is 9.84 Å². The topological polar surface area (TPSA) is 46.2 Å². The zero-order valence-electron chi connectivity index (χ0n) is 11.3. The SMILES string of the molecule is CCCC(CCCS(=O)(=O)C(C)(C)C)NC. The van der Waals surface area contributed by atoms with Gasteiger partial charge in [-0.25, -0.2) is 8.42 Å². The van der Waals surface area contributed by atoms with Crippen molar-refractivity contribution in [2.45, 2.75) is 64.2 Å². The minimum atomic E-state index is -2.94. The summed E-state index contributed by atoms with van der Waals surface area (Å²) in [6, 6.07) is 0.458. The fourth-order valence-electron chi connectivity index (χ4n) is 1.61. The third-order valence-corrected chi connectivity index (χ3v) is 5.64. The maximum atomic E-state index is 11.9. The molecule has 0 rings (SSSR count). The molecule has 4 heteroatoms. The molecule has 0 spiro atoms. The first-order chi connectivity index (χ1) is 7.24. The molecular formula is C12H27NO2S. The molecule has 0 aromatic carbocycles. The van der Waals surface area contributed by atoms with Gasteiger partial charge in [-0.1, -0.05) is 13.3 Å². The van der Waals surface area contributed by atoms with E-state index in [0.29, 0.717) is 11.8 Å². The zero-order valence-corrected chi connectivity index (χ0v) is 12.2. The van der Waals surface area contributed by atoms with Crippen molar-refractivity contribution in [1.29, 1.82) is 0 Å². The summed E-state index contributed by atoms with van der Waals surface area (Å²) in [6.45, 7) is 7.45. The lowest BCUT2D eigenvalue weighted by Crippen LogP contribution is -2.31. The van der Waals surface area contributed by atoms with Crippen LogP contribution in [0, 0.1) is 0 Å². The number of hydrogen-bond donors (Lipinski definition) is 1. The van der Waals surface area contributed by atoms with Gasteiger partial charge in [0.1, 0.15) is 0 Å². The molecule has 0 heterocycles. The van der Waals surface area contributed by atoms with Crippen LogP contribution in [-0.4, -0.2) is 32.0 Å². The van der Waals surface area contributed by atoms with Gasteiger partial charge in [-0.2, -0.15) is 0 Å². The monoisotopic (exact) mass is 249 g/mol. The molecule has 1 atom stereocenters. The van der Waals surface area contributed by atoms with Crippen LogP contribution in [-0.2, 0) is 9.84 Å². The second-order valence-corrected chi connectivity index (χ2v) is 8.21. The Hall–Kier alpha value is -0.0900. The first kappa shape index (κ1) is 15.9. The van der Waals surface area contributed by atoms with E-state index < -0.39 is 14.6 Å². The molecule has 0 radical (unpaired) electrons. The van der Waals surface area contributed by atoms with Crippen molar-refractivity contribution in [3.8, 4) is 0 Å². The summed E-state index contributed by atoms with van der Waals surface area (Å²) in [6.07, 6.45) is 3.95. The van der Waals surface area contributed by atoms with Crippen molar-refractivity contribution in [2.75, 3.05) is 12.8 Å². The third kappa shape index (κ3) is 5.30. The van der Waals surface area contributed by atoms with Crippen molar-refractivity contribution in [2.24, 2.45) is 0 Å². The molecule has 0 amide bonds. The van der Waals surface area contributed by atoms with Crippen LogP contribution in [0.4, 0.5) is 0 Å². The van der Waals surface area contributed by atoms with Gasteiger partial charge < -0.3 is 5.32 Å². The lowest BCUT2D eigenvalue weighted by molar-refractivity contribution is 0.475. The van der Waals surface area contributed by atoms with E-state index in [9.17, 15) is 8.42 Å². The fourth-order valence-corrected chi connectivity index (χ4v) is 2.77. The van der Waals surface area contributed by atoms with E-state index in [-0.39, 0.29) is 0 Å². The predicted octanol–water partition coefficient (Wildman–Crippen LogP) is 2.37. The van der Waals surface area contributed by atoms with E-state index >= 15 is 0 Å². The van der Waals surface area contributed by atoms with Gasteiger partial charge in [0, 0.05) is 6.04 Å². The Morgan fingerprint density at radius 2 is 1.75 bits per heavy atom. The Morgan fingerprint density at radius 3 is 2.12 bits per heavy atom. The Labute approximate surface area is 101 Å². The van der Waals surface area contributed by atoms with E-state index in [0.717, 1.165) is 25.7 Å². The Morgan fingerprint density at radius 1 is 1.19 bits per heavy atom. The highest BCUT2D eigenvalue weighted by atomic mass is 32.2. The Balaban J connectivity index is 4.07. The van der Waals surface area contributed by atoms with Gasteiger partial charge in [-0.3, -0.25) is 0 Å². The Bertz CT molecular complexity index is 278. The molecule has 3 nitrogen and oxygen atoms in total. The molecule has 1 N–H and O–H groups in total. The molecule has 16 heavy (non-hydrogen) atoms. The van der Waals surface area contributed by atoms with Crippen molar-refractivity contribution < 1.29 is 8.42 Å². The van der Waals surface area contributed by atoms with Crippen LogP contribution in [0.1, 0.15) is 53.4 Å². The normalized spacial score (nSPS) is 15.1. The molecular weight excluding hydrogens is 222 g/mol. The largest absolute Gasteiger partial charge is 0.317 e. The molecule has 1 unspecified atom stereocenters. The van der Waals surface area contributed by atoms with Crippen molar-refractivity contribution in [1.82, 2.24) is 5.32 Å². The van der Waals surface area contributed by atoms with Crippen LogP contribution in [0.5, 0.6) is 0 Å². The number of hydrogen-bond acceptors (Lipinski definition) is 3. The average Bonchev–Trinajstić information content (AvgIpc) is 2.14.